The Morgan fingerprint density at radius 1 is 0.242 bits per heavy atom. The van der Waals surface area contributed by atoms with Gasteiger partial charge in [0.1, 0.15) is 0 Å². The van der Waals surface area contributed by atoms with Crippen LogP contribution in [0.1, 0.15) is 185 Å². The van der Waals surface area contributed by atoms with Gasteiger partial charge in [-0.05, 0) is 316 Å². The van der Waals surface area contributed by atoms with E-state index in [1.807, 2.05) is 6.07 Å². The van der Waals surface area contributed by atoms with Crippen LogP contribution in [-0.2, 0) is 41.8 Å². The van der Waals surface area contributed by atoms with Crippen LogP contribution in [0.4, 0.5) is 0 Å². The van der Waals surface area contributed by atoms with Crippen LogP contribution in [0.15, 0.2) is 291 Å². The SMILES string of the molecule is C.CC1(C)c2ccccc2-c2cc3ccc4ccc(Cl)cc4c3cc21.CC1(C)c2ccccc2-c2ccc(-c3ccc4c(c3)C(C)(C)c3cc(-c5ccc6ccc7cc8c(cc7c6c5)C(C)(C)c5ccccc5-8)ccc3-4)cc21.CC1(C)c2ccccc2-c2ccc(-c3ccc4c(c3)C(C)(C)c3cc(B5OC(C)(C)C(C)(C)O5)ccc3-4)cc21.[3H]P.[Cl-].[InH2]. The summed E-state index contributed by atoms with van der Waals surface area (Å²) in [5.74, 6) is 0. The predicted octanol–water partition coefficient (Wildman–Crippen LogP) is 26.2. The molecule has 2 nitrogen and oxygen atoms in total. The minimum absolute atomic E-state index is 0. The third-order valence-corrected chi connectivity index (χ3v) is 29.3. The van der Waals surface area contributed by atoms with Crippen LogP contribution in [0.25, 0.3) is 143 Å². The maximum absolute atomic E-state index is 6.39. The molecule has 23 rings (SSSR count). The van der Waals surface area contributed by atoms with Crippen LogP contribution in [0.2, 0.25) is 5.02 Å². The second-order valence-electron chi connectivity index (χ2n) is 38.3. The molecule has 120 heavy (non-hydrogen) atoms. The summed E-state index contributed by atoms with van der Waals surface area (Å²) in [5, 5.41) is 11.1. The molecule has 0 amide bonds. The maximum atomic E-state index is 6.39. The van der Waals surface area contributed by atoms with Crippen LogP contribution in [0.3, 0.4) is 0 Å². The Kier molecular flexibility index (Phi) is 19.5. The zero-order chi connectivity index (χ0) is 82.0. The van der Waals surface area contributed by atoms with Crippen LogP contribution in [0.5, 0.6) is 0 Å². The molecule has 16 aromatic carbocycles. The van der Waals surface area contributed by atoms with Crippen molar-refractivity contribution in [1.82, 2.24) is 0 Å². The Morgan fingerprint density at radius 3 is 0.825 bits per heavy atom. The second-order valence-corrected chi connectivity index (χ2v) is 38.7. The number of fused-ring (bicyclic) bond motifs is 24. The molecular weight excluding hydrogens is 1620 g/mol. The molecule has 0 saturated carbocycles. The topological polar surface area (TPSA) is 18.5 Å². The Morgan fingerprint density at radius 2 is 0.475 bits per heavy atom. The van der Waals surface area contributed by atoms with Gasteiger partial charge in [-0.25, -0.2) is 0 Å². The average molecular weight is 1720 g/mol. The van der Waals surface area contributed by atoms with Crippen molar-refractivity contribution in [3.8, 4) is 100 Å². The second kappa shape index (κ2) is 28.8. The molecule has 0 bridgehead atoms. The van der Waals surface area contributed by atoms with E-state index in [0.717, 1.165) is 10.5 Å². The van der Waals surface area contributed by atoms with Crippen molar-refractivity contribution in [3.63, 3.8) is 0 Å². The molecule has 7 heteroatoms. The molecule has 0 N–H and O–H groups in total. The first kappa shape index (κ1) is 81.4. The summed E-state index contributed by atoms with van der Waals surface area (Å²) in [6.45, 7) is 36.8. The van der Waals surface area contributed by atoms with Gasteiger partial charge >= 0.3 is 33.0 Å². The van der Waals surface area contributed by atoms with Gasteiger partial charge in [-0.1, -0.05) is 321 Å². The summed E-state index contributed by atoms with van der Waals surface area (Å²) in [4.78, 5) is 0. The predicted molar refractivity (Wildman–Crippen MR) is 518 cm³/mol. The molecule has 1 saturated heterocycles. The van der Waals surface area contributed by atoms with E-state index >= 15 is 0 Å². The van der Waals surface area contributed by atoms with Gasteiger partial charge in [0, 0.05) is 37.5 Å². The average Bonchev–Trinajstić information content (AvgIpc) is 1.59. The van der Waals surface area contributed by atoms with Crippen LogP contribution in [-0.4, -0.2) is 45.4 Å². The first-order chi connectivity index (χ1) is 56.4. The molecular formula is C113H105BCl2InO2P-. The Hall–Kier alpha value is -9.57. The minimum atomic E-state index is -0.353. The van der Waals surface area contributed by atoms with Gasteiger partial charge in [-0.3, -0.25) is 0 Å². The molecule has 1 atom stereocenters. The molecule has 0 spiro atoms. The number of rotatable bonds is 4. The zero-order valence-corrected chi connectivity index (χ0v) is 79.8. The molecule has 0 aromatic heterocycles. The van der Waals surface area contributed by atoms with Gasteiger partial charge in [-0.15, -0.1) is 0 Å². The zero-order valence-electron chi connectivity index (χ0n) is 72.4. The first-order valence-electron chi connectivity index (χ1n) is 42.3. The summed E-state index contributed by atoms with van der Waals surface area (Å²) in [7, 11) is 1.31. The number of hydrogen-bond donors (Lipinski definition) is 0. The van der Waals surface area contributed by atoms with Gasteiger partial charge in [0.15, 0.2) is 0 Å². The monoisotopic (exact) mass is 1720 g/mol. The standard InChI is InChI=1S/C53H42.C36H37BO2.C23H17Cl.CH4.ClH.In.H3P.2H/c1-51(2)45-13-9-7-11-37(45)39-22-20-34(28-47(39)51)35-21-24-41-40-23-19-33(27-48(40)53(5,6)49(41)29-35)32-17-15-31-16-18-36-26-44-38-12-8-10-14-46(38)52(3,4)50(44)30-43(36)42(31)25-32;1-33(2)29-12-10-9-11-25(29)26-16-13-22(19-30(26)33)23-14-17-27-28-18-15-24(21-32(28)34(3,4)31(27)20-23)37-38-35(5,6)36(7,8)39-37;1-23(2)21-6-4-3-5-17(21)20-11-15-8-7-14-9-10-16(24)12-18(14)19(15)13-22(20)23;;;;;;/h7-30H,1-6H3;9-21H,1-8H3;3-13H,1-2H3;1H4;1H;;1H3;;/p-1/i;;;;;;1T;;. The molecule has 595 valence electrons. The van der Waals surface area contributed by atoms with Gasteiger partial charge in [0.2, 0.25) is 0 Å². The van der Waals surface area contributed by atoms with Crippen LogP contribution in [0, 0.1) is 0 Å². The molecule has 16 aromatic rings. The van der Waals surface area contributed by atoms with Gasteiger partial charge in [0.05, 0.1) is 12.5 Å². The van der Waals surface area contributed by atoms with E-state index in [1.165, 1.54) is 210 Å². The molecule has 1 heterocycles. The van der Waals surface area contributed by atoms with E-state index < -0.39 is 0 Å². The molecule has 1 fully saturated rings. The van der Waals surface area contributed by atoms with Crippen LogP contribution < -0.4 is 17.9 Å². The Balaban J connectivity index is 0.000000135. The van der Waals surface area contributed by atoms with E-state index in [4.69, 9.17) is 22.2 Å². The number of hydrogen-bond acceptors (Lipinski definition) is 2. The van der Waals surface area contributed by atoms with Gasteiger partial charge < -0.3 is 21.7 Å². The first-order valence-corrected chi connectivity index (χ1v) is 42.1. The fraction of sp³-hybridized carbons (Fsp3) is 0.221. The molecule has 6 aliphatic carbocycles. The Labute approximate surface area is 744 Å². The third kappa shape index (κ3) is 12.3. The summed E-state index contributed by atoms with van der Waals surface area (Å²) < 4.78 is 18.4. The Bertz CT molecular complexity index is 7000. The third-order valence-electron chi connectivity index (χ3n) is 29.1. The van der Waals surface area contributed by atoms with E-state index in [-0.39, 0.29) is 96.5 Å². The van der Waals surface area contributed by atoms with Crippen molar-refractivity contribution in [2.24, 2.45) is 0 Å². The van der Waals surface area contributed by atoms with E-state index in [0.29, 0.717) is 0 Å². The van der Waals surface area contributed by atoms with E-state index in [2.05, 4.69) is 396 Å². The molecule has 1 radical (unpaired) electrons. The van der Waals surface area contributed by atoms with E-state index in [9.17, 15) is 0 Å². The van der Waals surface area contributed by atoms with Crippen LogP contribution >= 0.6 is 21.4 Å². The summed E-state index contributed by atoms with van der Waals surface area (Å²) in [6.07, 6.45) is 0. The fourth-order valence-corrected chi connectivity index (χ4v) is 21.7. The summed E-state index contributed by atoms with van der Waals surface area (Å²) in [5.41, 5.74) is 41.0. The summed E-state index contributed by atoms with van der Waals surface area (Å²) >= 11 is 6.27. The van der Waals surface area contributed by atoms with E-state index in [1.54, 1.807) is 9.84 Å². The van der Waals surface area contributed by atoms with Gasteiger partial charge in [0.25, 0.3) is 0 Å². The summed E-state index contributed by atoms with van der Waals surface area (Å²) in [6, 6.07) is 110. The molecule has 1 unspecified atom stereocenters. The van der Waals surface area contributed by atoms with Crippen molar-refractivity contribution < 1.29 is 21.7 Å². The quantitative estimate of drug-likeness (QED) is 0.0993. The number of halogens is 2. The molecule has 7 aliphatic rings. The van der Waals surface area contributed by atoms with Crippen molar-refractivity contribution in [2.45, 2.75) is 162 Å². The fourth-order valence-electron chi connectivity index (χ4n) is 21.6. The van der Waals surface area contributed by atoms with Gasteiger partial charge in [-0.2, -0.15) is 9.84 Å². The molecule has 1 aliphatic heterocycles. The number of benzene rings is 16. The van der Waals surface area contributed by atoms with Crippen molar-refractivity contribution in [1.29, 1.82) is 1.28 Å². The van der Waals surface area contributed by atoms with Crippen molar-refractivity contribution in [2.75, 3.05) is 0 Å². The van der Waals surface area contributed by atoms with Crippen molar-refractivity contribution in [3.05, 3.63) is 363 Å². The normalized spacial score (nSPS) is 16.8. The van der Waals surface area contributed by atoms with Crippen molar-refractivity contribution >= 4 is 103 Å².